The van der Waals surface area contributed by atoms with E-state index in [4.69, 9.17) is 9.31 Å². The fourth-order valence-electron chi connectivity index (χ4n) is 1.37. The summed E-state index contributed by atoms with van der Waals surface area (Å²) in [5.41, 5.74) is -1.83. The molecule has 0 aromatic carbocycles. The zero-order chi connectivity index (χ0) is 13.7. The van der Waals surface area contributed by atoms with Crippen LogP contribution in [0.25, 0.3) is 0 Å². The zero-order valence-electron chi connectivity index (χ0n) is 9.99. The molecule has 0 bridgehead atoms. The van der Waals surface area contributed by atoms with Gasteiger partial charge in [-0.1, -0.05) is 0 Å². The van der Waals surface area contributed by atoms with Crippen molar-refractivity contribution >= 4 is 7.12 Å². The monoisotopic (exact) mass is 260 g/mol. The quantitative estimate of drug-likeness (QED) is 0.560. The van der Waals surface area contributed by atoms with Gasteiger partial charge in [-0.05, 0) is 27.7 Å². The molecule has 0 amide bonds. The van der Waals surface area contributed by atoms with Crippen molar-refractivity contribution < 1.29 is 31.3 Å². The first kappa shape index (κ1) is 14.7. The number of alkyl halides is 5. The lowest BCUT2D eigenvalue weighted by Gasteiger charge is -2.32. The van der Waals surface area contributed by atoms with Crippen molar-refractivity contribution in [2.24, 2.45) is 0 Å². The van der Waals surface area contributed by atoms with E-state index in [2.05, 4.69) is 0 Å². The van der Waals surface area contributed by atoms with Gasteiger partial charge in [0.05, 0.1) is 17.5 Å². The van der Waals surface area contributed by atoms with Crippen LogP contribution in [-0.4, -0.2) is 30.4 Å². The Morgan fingerprint density at radius 1 is 0.882 bits per heavy atom. The molecule has 0 saturated carbocycles. The Bertz CT molecular complexity index is 284. The maximum absolute atomic E-state index is 12.8. The van der Waals surface area contributed by atoms with Crippen molar-refractivity contribution in [3.63, 3.8) is 0 Å². The molecule has 1 saturated heterocycles. The molecule has 17 heavy (non-hydrogen) atoms. The maximum Gasteiger partial charge on any atom is 0.464 e. The first-order chi connectivity index (χ1) is 7.29. The minimum absolute atomic E-state index is 0.917. The van der Waals surface area contributed by atoms with Crippen LogP contribution in [0, 0.1) is 0 Å². The Labute approximate surface area is 96.6 Å². The molecular formula is C9H14BF5O2. The van der Waals surface area contributed by atoms with E-state index in [1.165, 1.54) is 0 Å². The molecule has 0 aromatic rings. The molecule has 1 rings (SSSR count). The van der Waals surface area contributed by atoms with Gasteiger partial charge in [0, 0.05) is 0 Å². The van der Waals surface area contributed by atoms with E-state index in [1.807, 2.05) is 0 Å². The lowest BCUT2D eigenvalue weighted by Crippen LogP contribution is -2.41. The first-order valence-electron chi connectivity index (χ1n) is 5.09. The predicted octanol–water partition coefficient (Wildman–Crippen LogP) is 3.28. The van der Waals surface area contributed by atoms with Gasteiger partial charge in [0.2, 0.25) is 0 Å². The van der Waals surface area contributed by atoms with Gasteiger partial charge in [-0.3, -0.25) is 0 Å². The van der Waals surface area contributed by atoms with Gasteiger partial charge in [0.15, 0.2) is 0 Å². The summed E-state index contributed by atoms with van der Waals surface area (Å²) in [6.45, 7) is 6.33. The molecule has 1 heterocycles. The van der Waals surface area contributed by atoms with Crippen LogP contribution in [0.1, 0.15) is 27.7 Å². The average Bonchev–Trinajstić information content (AvgIpc) is 2.15. The van der Waals surface area contributed by atoms with Crippen LogP contribution >= 0.6 is 0 Å². The molecule has 1 aliphatic heterocycles. The van der Waals surface area contributed by atoms with Crippen LogP contribution in [0.15, 0.2) is 0 Å². The molecular weight excluding hydrogens is 246 g/mol. The van der Waals surface area contributed by atoms with Gasteiger partial charge in [-0.2, -0.15) is 22.0 Å². The predicted molar refractivity (Wildman–Crippen MR) is 51.9 cm³/mol. The first-order valence-corrected chi connectivity index (χ1v) is 5.09. The van der Waals surface area contributed by atoms with Crippen molar-refractivity contribution in [3.8, 4) is 0 Å². The smallest absolute Gasteiger partial charge is 0.403 e. The van der Waals surface area contributed by atoms with Crippen LogP contribution in [0.5, 0.6) is 0 Å². The summed E-state index contributed by atoms with van der Waals surface area (Å²) in [5, 5.41) is 0. The van der Waals surface area contributed by atoms with Crippen molar-refractivity contribution in [1.29, 1.82) is 0 Å². The van der Waals surface area contributed by atoms with E-state index in [9.17, 15) is 22.0 Å². The van der Waals surface area contributed by atoms with E-state index >= 15 is 0 Å². The van der Waals surface area contributed by atoms with E-state index in [-0.39, 0.29) is 0 Å². The molecule has 0 atom stereocenters. The molecule has 2 nitrogen and oxygen atoms in total. The second-order valence-corrected chi connectivity index (χ2v) is 5.09. The average molecular weight is 260 g/mol. The summed E-state index contributed by atoms with van der Waals surface area (Å²) < 4.78 is 71.8. The largest absolute Gasteiger partial charge is 0.464 e. The van der Waals surface area contributed by atoms with E-state index in [0.717, 1.165) is 0 Å². The highest BCUT2D eigenvalue weighted by Gasteiger charge is 2.62. The van der Waals surface area contributed by atoms with Gasteiger partial charge in [-0.25, -0.2) is 0 Å². The number of hydrogen-bond acceptors (Lipinski definition) is 2. The summed E-state index contributed by atoms with van der Waals surface area (Å²) in [6, 6.07) is 0. The third-order valence-electron chi connectivity index (χ3n) is 3.14. The highest BCUT2D eigenvalue weighted by molar-refractivity contribution is 6.45. The summed E-state index contributed by atoms with van der Waals surface area (Å²) in [6.07, 6.45) is -7.11. The van der Waals surface area contributed by atoms with E-state index in [1.54, 1.807) is 27.7 Å². The Hall–Kier alpha value is -0.365. The van der Waals surface area contributed by atoms with Crippen molar-refractivity contribution in [1.82, 2.24) is 0 Å². The molecule has 0 aromatic heterocycles. The lowest BCUT2D eigenvalue weighted by atomic mass is 9.81. The van der Waals surface area contributed by atoms with Crippen LogP contribution in [0.4, 0.5) is 22.0 Å². The lowest BCUT2D eigenvalue weighted by molar-refractivity contribution is -0.274. The van der Waals surface area contributed by atoms with Crippen molar-refractivity contribution in [2.75, 3.05) is 0 Å². The summed E-state index contributed by atoms with van der Waals surface area (Å²) >= 11 is 0. The molecule has 8 heteroatoms. The Morgan fingerprint density at radius 3 is 1.53 bits per heavy atom. The fraction of sp³-hybridized carbons (Fsp3) is 1.00. The highest BCUT2D eigenvalue weighted by atomic mass is 19.4. The number of rotatable bonds is 2. The molecule has 0 aliphatic carbocycles. The van der Waals surface area contributed by atoms with Gasteiger partial charge < -0.3 is 9.31 Å². The second-order valence-electron chi connectivity index (χ2n) is 5.09. The minimum Gasteiger partial charge on any atom is -0.403 e. The van der Waals surface area contributed by atoms with Gasteiger partial charge >= 0.3 is 19.2 Å². The Morgan fingerprint density at radius 2 is 1.24 bits per heavy atom. The molecule has 1 aliphatic rings. The zero-order valence-corrected chi connectivity index (χ0v) is 9.99. The van der Waals surface area contributed by atoms with Gasteiger partial charge in [0.1, 0.15) is 0 Å². The minimum atomic E-state index is -5.59. The second kappa shape index (κ2) is 3.81. The fourth-order valence-corrected chi connectivity index (χ4v) is 1.37. The normalized spacial score (nSPS) is 24.2. The van der Waals surface area contributed by atoms with Crippen LogP contribution in [0.2, 0.25) is 6.32 Å². The van der Waals surface area contributed by atoms with Crippen LogP contribution in [0.3, 0.4) is 0 Å². The van der Waals surface area contributed by atoms with Crippen molar-refractivity contribution in [2.45, 2.75) is 57.3 Å². The maximum atomic E-state index is 12.8. The van der Waals surface area contributed by atoms with Crippen LogP contribution < -0.4 is 0 Å². The number of hydrogen-bond donors (Lipinski definition) is 0. The number of halogens is 5. The van der Waals surface area contributed by atoms with Gasteiger partial charge in [-0.15, -0.1) is 0 Å². The summed E-state index contributed by atoms with van der Waals surface area (Å²) in [5.74, 6) is -4.81. The molecule has 0 radical (unpaired) electrons. The van der Waals surface area contributed by atoms with Crippen LogP contribution in [-0.2, 0) is 9.31 Å². The van der Waals surface area contributed by atoms with E-state index < -0.39 is 36.7 Å². The molecule has 0 N–H and O–H groups in total. The summed E-state index contributed by atoms with van der Waals surface area (Å²) in [4.78, 5) is 0. The Kier molecular flexibility index (Phi) is 3.30. The highest BCUT2D eigenvalue weighted by Crippen LogP contribution is 2.44. The third kappa shape index (κ3) is 2.73. The topological polar surface area (TPSA) is 18.5 Å². The third-order valence-corrected chi connectivity index (χ3v) is 3.14. The molecule has 1 fully saturated rings. The SMILES string of the molecule is CC1(C)OB(CC(F)(F)C(F)(F)F)OC1(C)C. The summed E-state index contributed by atoms with van der Waals surface area (Å²) in [7, 11) is -1.56. The standard InChI is InChI=1S/C9H14BF5O2/c1-6(2)7(3,4)17-10(16-6)5-8(11,12)9(13,14)15/h5H2,1-4H3. The molecule has 100 valence electrons. The Balaban J connectivity index is 2.75. The molecule has 0 spiro atoms. The van der Waals surface area contributed by atoms with E-state index in [0.29, 0.717) is 0 Å². The van der Waals surface area contributed by atoms with Crippen molar-refractivity contribution in [3.05, 3.63) is 0 Å². The molecule has 0 unspecified atom stereocenters. The van der Waals surface area contributed by atoms with Gasteiger partial charge in [0.25, 0.3) is 0 Å².